The van der Waals surface area contributed by atoms with Gasteiger partial charge in [0.1, 0.15) is 12.4 Å². The first-order valence-corrected chi connectivity index (χ1v) is 14.4. The fourth-order valence-corrected chi connectivity index (χ4v) is 6.07. The van der Waals surface area contributed by atoms with Gasteiger partial charge in [0.05, 0.1) is 16.6 Å². The summed E-state index contributed by atoms with van der Waals surface area (Å²) in [6.45, 7) is 0.683. The van der Waals surface area contributed by atoms with E-state index in [0.29, 0.717) is 33.7 Å². The lowest BCUT2D eigenvalue weighted by molar-refractivity contribution is -0.138. The molecule has 2 fully saturated rings. The molecule has 2 atom stereocenters. The van der Waals surface area contributed by atoms with Gasteiger partial charge < -0.3 is 15.4 Å². The van der Waals surface area contributed by atoms with E-state index in [9.17, 15) is 9.59 Å². The molecule has 1 saturated heterocycles. The quantitative estimate of drug-likeness (QED) is 0.414. The summed E-state index contributed by atoms with van der Waals surface area (Å²) in [6.07, 6.45) is 10.9. The molecular formula is C30H31Cl2N5O3. The van der Waals surface area contributed by atoms with Crippen LogP contribution in [0.2, 0.25) is 10.0 Å². The normalized spacial score (nSPS) is 22.9. The van der Waals surface area contributed by atoms with Gasteiger partial charge >= 0.3 is 0 Å². The van der Waals surface area contributed by atoms with Crippen LogP contribution in [0.5, 0.6) is 5.75 Å². The molecule has 2 heterocycles. The fourth-order valence-electron chi connectivity index (χ4n) is 5.70. The zero-order valence-electron chi connectivity index (χ0n) is 22.0. The van der Waals surface area contributed by atoms with Crippen molar-refractivity contribution in [2.75, 3.05) is 13.2 Å². The second-order valence-corrected chi connectivity index (χ2v) is 11.6. The Morgan fingerprint density at radius 3 is 2.73 bits per heavy atom. The molecule has 2 aromatic carbocycles. The average Bonchev–Trinajstić information content (AvgIpc) is 3.38. The van der Waals surface area contributed by atoms with Gasteiger partial charge in [0.15, 0.2) is 12.1 Å². The van der Waals surface area contributed by atoms with Crippen molar-refractivity contribution in [2.45, 2.75) is 56.3 Å². The zero-order valence-corrected chi connectivity index (χ0v) is 23.5. The number of allylic oxidation sites excluding steroid dienone is 3. The van der Waals surface area contributed by atoms with Crippen LogP contribution in [0, 0.1) is 0 Å². The largest absolute Gasteiger partial charge is 0.491 e. The van der Waals surface area contributed by atoms with Crippen molar-refractivity contribution in [3.63, 3.8) is 0 Å². The first-order valence-electron chi connectivity index (χ1n) is 13.7. The van der Waals surface area contributed by atoms with Crippen LogP contribution < -0.4 is 20.7 Å². The van der Waals surface area contributed by atoms with Crippen LogP contribution >= 0.6 is 23.2 Å². The minimum atomic E-state index is -0.440. The van der Waals surface area contributed by atoms with E-state index in [-0.39, 0.29) is 36.3 Å². The summed E-state index contributed by atoms with van der Waals surface area (Å²) in [4.78, 5) is 26.3. The first-order chi connectivity index (χ1) is 19.4. The average molecular weight is 581 g/mol. The van der Waals surface area contributed by atoms with Gasteiger partial charge in [-0.1, -0.05) is 66.0 Å². The maximum atomic E-state index is 13.4. The molecule has 2 aliphatic carbocycles. The number of ether oxygens (including phenoxy) is 1. The second kappa shape index (κ2) is 11.3. The van der Waals surface area contributed by atoms with E-state index in [1.54, 1.807) is 18.2 Å². The number of halogens is 2. The molecule has 40 heavy (non-hydrogen) atoms. The highest BCUT2D eigenvalue weighted by atomic mass is 35.5. The summed E-state index contributed by atoms with van der Waals surface area (Å²) in [7, 11) is 0. The minimum Gasteiger partial charge on any atom is -0.491 e. The summed E-state index contributed by atoms with van der Waals surface area (Å²) in [6, 6.07) is 12.7. The van der Waals surface area contributed by atoms with Crippen LogP contribution in [0.3, 0.4) is 0 Å². The molecule has 1 saturated carbocycles. The fraction of sp³-hybridized carbons (Fsp3) is 0.367. The van der Waals surface area contributed by atoms with Gasteiger partial charge in [-0.25, -0.2) is 0 Å². The molecule has 4 aliphatic rings. The predicted molar refractivity (Wildman–Crippen MR) is 155 cm³/mol. The summed E-state index contributed by atoms with van der Waals surface area (Å²) in [5.74, 6) is 0.716. The van der Waals surface area contributed by atoms with Crippen LogP contribution in [0.4, 0.5) is 0 Å². The highest BCUT2D eigenvalue weighted by molar-refractivity contribution is 6.34. The number of hydrazone groups is 1. The summed E-state index contributed by atoms with van der Waals surface area (Å²) in [5, 5.41) is 16.8. The zero-order chi connectivity index (χ0) is 27.7. The van der Waals surface area contributed by atoms with Crippen LogP contribution in [0.1, 0.15) is 54.4 Å². The Bertz CT molecular complexity index is 1400. The molecule has 2 aromatic rings. The lowest BCUT2D eigenvalue weighted by atomic mass is 9.64. The molecule has 2 aliphatic heterocycles. The van der Waals surface area contributed by atoms with Gasteiger partial charge in [-0.2, -0.15) is 5.01 Å². The number of benzene rings is 2. The topological polar surface area (TPSA) is 95.1 Å². The lowest BCUT2D eigenvalue weighted by Crippen LogP contribution is -2.61. The summed E-state index contributed by atoms with van der Waals surface area (Å²) < 4.78 is 6.11. The Morgan fingerprint density at radius 2 is 2.00 bits per heavy atom. The van der Waals surface area contributed by atoms with Crippen molar-refractivity contribution in [1.82, 2.24) is 21.0 Å². The van der Waals surface area contributed by atoms with Crippen molar-refractivity contribution in [1.29, 1.82) is 0 Å². The Kier molecular flexibility index (Phi) is 7.57. The smallest absolute Gasteiger partial charge is 0.256 e. The standard InChI is InChI=1S/C30H31Cl2N5O3/c31-21-12-10-20(11-13-21)30(14-5-15-30)18-33-28(39)26-23(32)8-4-9-24(26)40-17-22-16-25(38)37-29(34-22)35-27(36-37)19-6-2-1-3-7-19/h1-2,4,6,8-13,22,29,34H,3,5,7,14-18H2,(H,33,39)(H,35,36). The van der Waals surface area contributed by atoms with E-state index in [0.717, 1.165) is 37.7 Å². The van der Waals surface area contributed by atoms with Crippen LogP contribution in [0.25, 0.3) is 0 Å². The van der Waals surface area contributed by atoms with Gasteiger partial charge in [0.25, 0.3) is 5.91 Å². The van der Waals surface area contributed by atoms with Crippen molar-refractivity contribution in [3.8, 4) is 5.75 Å². The number of nitrogens with one attached hydrogen (secondary N) is 3. The molecule has 10 heteroatoms. The van der Waals surface area contributed by atoms with Crippen LogP contribution in [-0.4, -0.2) is 48.1 Å². The SMILES string of the molecule is O=C(NCC1(c2ccc(Cl)cc2)CCC1)c1c(Cl)cccc1OCC1CC(=O)N2N=C(C3=CC=CCC3)NC2N1. The summed E-state index contributed by atoms with van der Waals surface area (Å²) in [5.41, 5.74) is 2.43. The van der Waals surface area contributed by atoms with E-state index < -0.39 is 6.29 Å². The maximum Gasteiger partial charge on any atom is 0.256 e. The molecule has 208 valence electrons. The van der Waals surface area contributed by atoms with Gasteiger partial charge in [-0.3, -0.25) is 14.9 Å². The van der Waals surface area contributed by atoms with E-state index in [1.807, 2.05) is 36.4 Å². The number of nitrogens with zero attached hydrogens (tertiary/aromatic N) is 2. The van der Waals surface area contributed by atoms with Crippen molar-refractivity contribution in [2.24, 2.45) is 5.10 Å². The van der Waals surface area contributed by atoms with Crippen LogP contribution in [-0.2, 0) is 10.2 Å². The van der Waals surface area contributed by atoms with Gasteiger partial charge in [-0.05, 0) is 61.1 Å². The van der Waals surface area contributed by atoms with Gasteiger partial charge in [0, 0.05) is 23.4 Å². The lowest BCUT2D eigenvalue weighted by Gasteiger charge is -2.42. The van der Waals surface area contributed by atoms with Crippen molar-refractivity contribution >= 4 is 40.9 Å². The Balaban J connectivity index is 1.09. The first kappa shape index (κ1) is 26.9. The van der Waals surface area contributed by atoms with Crippen molar-refractivity contribution in [3.05, 3.63) is 87.4 Å². The highest BCUT2D eigenvalue weighted by Crippen LogP contribution is 2.43. The molecular weight excluding hydrogens is 549 g/mol. The van der Waals surface area contributed by atoms with Crippen LogP contribution in [0.15, 0.2) is 71.4 Å². The summed E-state index contributed by atoms with van der Waals surface area (Å²) >= 11 is 12.6. The minimum absolute atomic E-state index is 0.0936. The Hall–Kier alpha value is -3.33. The molecule has 0 aromatic heterocycles. The number of amidine groups is 1. The number of hydrogen-bond acceptors (Lipinski definition) is 6. The predicted octanol–water partition coefficient (Wildman–Crippen LogP) is 4.89. The van der Waals surface area contributed by atoms with E-state index in [2.05, 4.69) is 27.1 Å². The Morgan fingerprint density at radius 1 is 1.18 bits per heavy atom. The maximum absolute atomic E-state index is 13.4. The molecule has 0 spiro atoms. The van der Waals surface area contributed by atoms with E-state index >= 15 is 0 Å². The second-order valence-electron chi connectivity index (χ2n) is 10.7. The third-order valence-electron chi connectivity index (χ3n) is 8.11. The number of carbonyl (C=O) groups is 2. The number of carbonyl (C=O) groups excluding carboxylic acids is 2. The van der Waals surface area contributed by atoms with Gasteiger partial charge in [0.2, 0.25) is 5.91 Å². The molecule has 0 radical (unpaired) electrons. The molecule has 6 rings (SSSR count). The molecule has 0 bridgehead atoms. The van der Waals surface area contributed by atoms with E-state index in [4.69, 9.17) is 27.9 Å². The number of amides is 2. The molecule has 3 N–H and O–H groups in total. The number of rotatable bonds is 8. The molecule has 8 nitrogen and oxygen atoms in total. The molecule has 2 unspecified atom stereocenters. The third kappa shape index (κ3) is 5.36. The Labute approximate surface area is 243 Å². The number of fused-ring (bicyclic) bond motifs is 1. The highest BCUT2D eigenvalue weighted by Gasteiger charge is 2.40. The number of hydrogen-bond donors (Lipinski definition) is 3. The van der Waals surface area contributed by atoms with Gasteiger partial charge in [-0.15, -0.1) is 5.10 Å². The molecule has 2 amide bonds. The third-order valence-corrected chi connectivity index (χ3v) is 8.68. The van der Waals surface area contributed by atoms with Crippen molar-refractivity contribution < 1.29 is 14.3 Å². The monoisotopic (exact) mass is 579 g/mol. The van der Waals surface area contributed by atoms with E-state index in [1.165, 1.54) is 10.6 Å².